The summed E-state index contributed by atoms with van der Waals surface area (Å²) in [5, 5.41) is 0. The number of allylic oxidation sites excluding steroid dienone is 5. The molecule has 0 aliphatic rings. The maximum Gasteiger partial charge on any atom is 0.178 e. The monoisotopic (exact) mass is 211 g/mol. The van der Waals surface area contributed by atoms with Gasteiger partial charge < -0.3 is 0 Å². The number of rotatable bonds is 5. The second-order valence-electron chi connectivity index (χ2n) is 3.13. The maximum absolute atomic E-state index is 11.4. The molecule has 0 fully saturated rings. The molecule has 16 heavy (non-hydrogen) atoms. The predicted octanol–water partition coefficient (Wildman–Crippen LogP) is 2.96. The van der Waals surface area contributed by atoms with Crippen LogP contribution in [0.25, 0.3) is 6.08 Å². The van der Waals surface area contributed by atoms with Crippen LogP contribution in [0.3, 0.4) is 0 Å². The first-order chi connectivity index (χ1) is 7.72. The van der Waals surface area contributed by atoms with Gasteiger partial charge in [-0.25, -0.2) is 0 Å². The van der Waals surface area contributed by atoms with Gasteiger partial charge in [0.1, 0.15) is 0 Å². The van der Waals surface area contributed by atoms with Crippen molar-refractivity contribution in [2.45, 2.75) is 0 Å². The molecule has 0 aliphatic heterocycles. The van der Waals surface area contributed by atoms with E-state index >= 15 is 0 Å². The highest BCUT2D eigenvalue weighted by Gasteiger charge is 1.89. The van der Waals surface area contributed by atoms with Crippen LogP contribution in [0.1, 0.15) is 5.56 Å². The topological polar surface area (TPSA) is 30.0 Å². The molecule has 0 N–H and O–H groups in total. The smallest absolute Gasteiger partial charge is 0.178 e. The van der Waals surface area contributed by atoms with Crippen molar-refractivity contribution in [3.63, 3.8) is 0 Å². The van der Waals surface area contributed by atoms with E-state index in [4.69, 9.17) is 0 Å². The summed E-state index contributed by atoms with van der Waals surface area (Å²) in [6.45, 7) is 7.22. The number of nitrogens with zero attached hydrogens (tertiary/aromatic N) is 1. The normalized spacial score (nSPS) is 10.8. The minimum absolute atomic E-state index is 0.0835. The number of hydrogen-bond acceptors (Lipinski definition) is 2. The first-order valence-corrected chi connectivity index (χ1v) is 4.84. The molecule has 0 atom stereocenters. The summed E-state index contributed by atoms with van der Waals surface area (Å²) in [7, 11) is 0. The van der Waals surface area contributed by atoms with Gasteiger partial charge in [0, 0.05) is 12.4 Å². The Morgan fingerprint density at radius 1 is 1.19 bits per heavy atom. The summed E-state index contributed by atoms with van der Waals surface area (Å²) in [5.41, 5.74) is 1.66. The van der Waals surface area contributed by atoms with Gasteiger partial charge in [0.15, 0.2) is 5.78 Å². The van der Waals surface area contributed by atoms with Crippen molar-refractivity contribution in [3.8, 4) is 0 Å². The van der Waals surface area contributed by atoms with Crippen LogP contribution in [0.2, 0.25) is 0 Å². The Morgan fingerprint density at radius 2 is 1.88 bits per heavy atom. The lowest BCUT2D eigenvalue weighted by Crippen LogP contribution is -1.85. The fourth-order valence-electron chi connectivity index (χ4n) is 0.966. The molecule has 0 radical (unpaired) electrons. The summed E-state index contributed by atoms with van der Waals surface area (Å²) in [6.07, 6.45) is 11.3. The predicted molar refractivity (Wildman–Crippen MR) is 66.8 cm³/mol. The van der Waals surface area contributed by atoms with E-state index < -0.39 is 0 Å². The third-order valence-electron chi connectivity index (χ3n) is 1.87. The van der Waals surface area contributed by atoms with Crippen molar-refractivity contribution in [3.05, 3.63) is 73.1 Å². The number of pyridine rings is 1. The average molecular weight is 211 g/mol. The van der Waals surface area contributed by atoms with Crippen molar-refractivity contribution in [2.75, 3.05) is 0 Å². The number of aromatic nitrogens is 1. The molecule has 0 aromatic carbocycles. The summed E-state index contributed by atoms with van der Waals surface area (Å²) in [5.74, 6) is -0.0835. The number of carbonyl (C=O) groups excluding carboxylic acids is 1. The average Bonchev–Trinajstić information content (AvgIpc) is 2.34. The maximum atomic E-state index is 11.4. The molecule has 0 amide bonds. The summed E-state index contributed by atoms with van der Waals surface area (Å²) in [6, 6.07) is 3.66. The van der Waals surface area contributed by atoms with Crippen molar-refractivity contribution < 1.29 is 4.79 Å². The van der Waals surface area contributed by atoms with Crippen LogP contribution < -0.4 is 0 Å². The molecule has 0 saturated carbocycles. The lowest BCUT2D eigenvalue weighted by atomic mass is 10.2. The molecule has 0 aliphatic carbocycles. The number of carbonyl (C=O) groups is 1. The molecule has 1 aromatic heterocycles. The number of hydrogen-bond donors (Lipinski definition) is 0. The van der Waals surface area contributed by atoms with Crippen LogP contribution >= 0.6 is 0 Å². The molecular formula is C14H13NO. The van der Waals surface area contributed by atoms with Gasteiger partial charge in [0.05, 0.1) is 0 Å². The first-order valence-electron chi connectivity index (χ1n) is 4.84. The standard InChI is InChI=1S/C14H13NO/c1-3-12(2)4-6-14(16)7-5-13-8-10-15-11-9-13/h3-11H,1-2H2. The van der Waals surface area contributed by atoms with Crippen LogP contribution in [0.4, 0.5) is 0 Å². The molecule has 2 heteroatoms. The van der Waals surface area contributed by atoms with E-state index in [9.17, 15) is 4.79 Å². The number of ketones is 1. The second kappa shape index (κ2) is 6.30. The summed E-state index contributed by atoms with van der Waals surface area (Å²) < 4.78 is 0. The molecule has 0 spiro atoms. The first kappa shape index (κ1) is 11.9. The van der Waals surface area contributed by atoms with Gasteiger partial charge in [-0.3, -0.25) is 9.78 Å². The lowest BCUT2D eigenvalue weighted by Gasteiger charge is -1.89. The van der Waals surface area contributed by atoms with E-state index in [-0.39, 0.29) is 5.78 Å². The Hall–Kier alpha value is -2.22. The van der Waals surface area contributed by atoms with Gasteiger partial charge in [0.2, 0.25) is 0 Å². The van der Waals surface area contributed by atoms with E-state index in [1.807, 2.05) is 12.1 Å². The van der Waals surface area contributed by atoms with Crippen molar-refractivity contribution >= 4 is 11.9 Å². The third kappa shape index (κ3) is 4.33. The summed E-state index contributed by atoms with van der Waals surface area (Å²) in [4.78, 5) is 15.3. The zero-order chi connectivity index (χ0) is 11.8. The molecule has 1 rings (SSSR count). The Bertz CT molecular complexity index is 441. The van der Waals surface area contributed by atoms with Crippen molar-refractivity contribution in [1.29, 1.82) is 0 Å². The van der Waals surface area contributed by atoms with E-state index in [0.717, 1.165) is 5.56 Å². The lowest BCUT2D eigenvalue weighted by molar-refractivity contribution is -0.110. The summed E-state index contributed by atoms with van der Waals surface area (Å²) >= 11 is 0. The van der Waals surface area contributed by atoms with Crippen molar-refractivity contribution in [2.24, 2.45) is 0 Å². The Kier molecular flexibility index (Phi) is 4.67. The van der Waals surface area contributed by atoms with Gasteiger partial charge in [-0.15, -0.1) is 0 Å². The molecule has 2 nitrogen and oxygen atoms in total. The molecule has 1 aromatic rings. The van der Waals surface area contributed by atoms with Crippen LogP contribution in [0.15, 0.2) is 67.6 Å². The highest BCUT2D eigenvalue weighted by Crippen LogP contribution is 2.00. The Balaban J connectivity index is 2.58. The fourth-order valence-corrected chi connectivity index (χ4v) is 0.966. The van der Waals surface area contributed by atoms with Crippen LogP contribution in [-0.4, -0.2) is 10.8 Å². The highest BCUT2D eigenvalue weighted by atomic mass is 16.1. The zero-order valence-corrected chi connectivity index (χ0v) is 8.97. The molecule has 80 valence electrons. The van der Waals surface area contributed by atoms with E-state index in [0.29, 0.717) is 5.57 Å². The van der Waals surface area contributed by atoms with Crippen LogP contribution in [0, 0.1) is 0 Å². The van der Waals surface area contributed by atoms with Gasteiger partial charge in [0.25, 0.3) is 0 Å². The third-order valence-corrected chi connectivity index (χ3v) is 1.87. The second-order valence-corrected chi connectivity index (χ2v) is 3.13. The van der Waals surface area contributed by atoms with E-state index in [2.05, 4.69) is 18.1 Å². The Labute approximate surface area is 95.3 Å². The van der Waals surface area contributed by atoms with Crippen LogP contribution in [0.5, 0.6) is 0 Å². The molecule has 1 heterocycles. The van der Waals surface area contributed by atoms with E-state index in [1.54, 1.807) is 30.6 Å². The van der Waals surface area contributed by atoms with Crippen molar-refractivity contribution in [1.82, 2.24) is 4.98 Å². The molecule has 0 saturated heterocycles. The van der Waals surface area contributed by atoms with Gasteiger partial charge >= 0.3 is 0 Å². The van der Waals surface area contributed by atoms with Crippen LogP contribution in [-0.2, 0) is 4.79 Å². The molecular weight excluding hydrogens is 198 g/mol. The zero-order valence-electron chi connectivity index (χ0n) is 8.97. The van der Waals surface area contributed by atoms with Gasteiger partial charge in [-0.05, 0) is 35.4 Å². The molecule has 0 bridgehead atoms. The molecule has 0 unspecified atom stereocenters. The van der Waals surface area contributed by atoms with E-state index in [1.165, 1.54) is 12.2 Å². The minimum Gasteiger partial charge on any atom is -0.290 e. The largest absolute Gasteiger partial charge is 0.290 e. The fraction of sp³-hybridized carbons (Fsp3) is 0. The highest BCUT2D eigenvalue weighted by molar-refractivity contribution is 6.02. The van der Waals surface area contributed by atoms with Gasteiger partial charge in [-0.1, -0.05) is 31.4 Å². The quantitative estimate of drug-likeness (QED) is 0.553. The SMILES string of the molecule is C=CC(=C)C=CC(=O)C=Cc1ccncc1. The Morgan fingerprint density at radius 3 is 2.50 bits per heavy atom. The minimum atomic E-state index is -0.0835. The van der Waals surface area contributed by atoms with Gasteiger partial charge in [-0.2, -0.15) is 0 Å².